The van der Waals surface area contributed by atoms with E-state index in [-0.39, 0.29) is 11.9 Å². The van der Waals surface area contributed by atoms with Crippen LogP contribution in [-0.4, -0.2) is 33.9 Å². The van der Waals surface area contributed by atoms with Crippen molar-refractivity contribution in [2.45, 2.75) is 25.8 Å². The van der Waals surface area contributed by atoms with Gasteiger partial charge in [-0.15, -0.1) is 0 Å². The van der Waals surface area contributed by atoms with Crippen molar-refractivity contribution in [1.82, 2.24) is 14.8 Å². The second-order valence-electron chi connectivity index (χ2n) is 6.52. The van der Waals surface area contributed by atoms with E-state index in [0.717, 1.165) is 18.5 Å². The average molecular weight is 405 g/mol. The van der Waals surface area contributed by atoms with Gasteiger partial charge in [-0.2, -0.15) is 5.10 Å². The largest absolute Gasteiger partial charge is 0.381 e. The van der Waals surface area contributed by atoms with Crippen LogP contribution in [0.4, 0.5) is 5.69 Å². The summed E-state index contributed by atoms with van der Waals surface area (Å²) in [6, 6.07) is 7.11. The van der Waals surface area contributed by atoms with E-state index in [9.17, 15) is 4.79 Å². The molecule has 0 spiro atoms. The van der Waals surface area contributed by atoms with Crippen LogP contribution in [0.2, 0.25) is 10.0 Å². The number of carbonyl (C=O) groups is 1. The number of pyridine rings is 1. The van der Waals surface area contributed by atoms with Crippen molar-refractivity contribution in [3.8, 4) is 0 Å². The quantitative estimate of drug-likeness (QED) is 0.689. The molecule has 0 saturated carbocycles. The molecule has 0 aliphatic carbocycles. The zero-order chi connectivity index (χ0) is 19.0. The molecule has 0 radical (unpaired) electrons. The minimum absolute atomic E-state index is 0.229. The Balaban J connectivity index is 1.68. The Hall–Kier alpha value is -2.15. The summed E-state index contributed by atoms with van der Waals surface area (Å²) in [5.74, 6) is -0.324. The number of carbonyl (C=O) groups excluding carboxylic acids is 1. The highest BCUT2D eigenvalue weighted by molar-refractivity contribution is 6.39. The molecule has 1 aromatic carbocycles. The number of hydrogen-bond donors (Lipinski definition) is 1. The molecule has 2 aromatic heterocycles. The van der Waals surface area contributed by atoms with Crippen LogP contribution in [0.5, 0.6) is 0 Å². The van der Waals surface area contributed by atoms with Gasteiger partial charge in [-0.1, -0.05) is 23.2 Å². The summed E-state index contributed by atoms with van der Waals surface area (Å²) in [4.78, 5) is 17.2. The van der Waals surface area contributed by atoms with Gasteiger partial charge < -0.3 is 10.1 Å². The van der Waals surface area contributed by atoms with Crippen LogP contribution < -0.4 is 5.32 Å². The molecule has 1 fully saturated rings. The van der Waals surface area contributed by atoms with Gasteiger partial charge in [0.2, 0.25) is 0 Å². The Labute approximate surface area is 166 Å². The number of nitrogens with one attached hydrogen (secondary N) is 1. The molecule has 3 aromatic rings. The minimum atomic E-state index is -0.324. The number of aromatic nitrogens is 3. The van der Waals surface area contributed by atoms with E-state index < -0.39 is 0 Å². The van der Waals surface area contributed by atoms with Crippen molar-refractivity contribution in [3.05, 3.63) is 51.8 Å². The van der Waals surface area contributed by atoms with Crippen molar-refractivity contribution in [2.75, 3.05) is 18.5 Å². The summed E-state index contributed by atoms with van der Waals surface area (Å²) in [6.45, 7) is 3.30. The van der Waals surface area contributed by atoms with Crippen LogP contribution >= 0.6 is 23.2 Å². The highest BCUT2D eigenvalue weighted by Crippen LogP contribution is 2.32. The number of nitrogens with zero attached hydrogens (tertiary/aromatic N) is 3. The molecule has 0 atom stereocenters. The molecule has 1 saturated heterocycles. The normalized spacial score (nSPS) is 15.2. The smallest absolute Gasteiger partial charge is 0.258 e. The maximum absolute atomic E-state index is 12.7. The Morgan fingerprint density at radius 3 is 2.63 bits per heavy atom. The van der Waals surface area contributed by atoms with Crippen LogP contribution in [0.3, 0.4) is 0 Å². The van der Waals surface area contributed by atoms with Gasteiger partial charge >= 0.3 is 0 Å². The molecule has 1 amide bonds. The molecule has 4 rings (SSSR count). The predicted octanol–water partition coefficient (Wildman–Crippen LogP) is 4.65. The molecular weight excluding hydrogens is 387 g/mol. The number of ether oxygens (including phenoxy) is 1. The molecule has 0 bridgehead atoms. The fourth-order valence-electron chi connectivity index (χ4n) is 3.31. The van der Waals surface area contributed by atoms with E-state index in [2.05, 4.69) is 15.4 Å². The molecule has 1 N–H and O–H groups in total. The van der Waals surface area contributed by atoms with E-state index in [0.29, 0.717) is 45.5 Å². The number of halogens is 2. The van der Waals surface area contributed by atoms with Crippen molar-refractivity contribution in [1.29, 1.82) is 0 Å². The van der Waals surface area contributed by atoms with E-state index in [1.807, 2.05) is 11.6 Å². The topological polar surface area (TPSA) is 69.0 Å². The summed E-state index contributed by atoms with van der Waals surface area (Å²) in [7, 11) is 0. The summed E-state index contributed by atoms with van der Waals surface area (Å²) >= 11 is 12.5. The van der Waals surface area contributed by atoms with Crippen molar-refractivity contribution < 1.29 is 9.53 Å². The third kappa shape index (κ3) is 3.52. The first kappa shape index (κ1) is 18.2. The van der Waals surface area contributed by atoms with Gasteiger partial charge in [-0.25, -0.2) is 9.67 Å². The van der Waals surface area contributed by atoms with Gasteiger partial charge in [0, 0.05) is 30.1 Å². The van der Waals surface area contributed by atoms with Crippen LogP contribution in [0.25, 0.3) is 11.0 Å². The SMILES string of the molecule is Cc1nn(C2CCOCC2)c2ncc(C(=O)Nc3ccc(Cl)cc3)c(Cl)c12. The van der Waals surface area contributed by atoms with Gasteiger partial charge in [0.15, 0.2) is 5.65 Å². The van der Waals surface area contributed by atoms with Gasteiger partial charge in [-0.3, -0.25) is 4.79 Å². The number of rotatable bonds is 3. The van der Waals surface area contributed by atoms with Crippen molar-refractivity contribution in [3.63, 3.8) is 0 Å². The Morgan fingerprint density at radius 1 is 1.22 bits per heavy atom. The lowest BCUT2D eigenvalue weighted by Gasteiger charge is -2.22. The lowest BCUT2D eigenvalue weighted by atomic mass is 10.1. The molecule has 0 unspecified atom stereocenters. The predicted molar refractivity (Wildman–Crippen MR) is 106 cm³/mol. The zero-order valence-corrected chi connectivity index (χ0v) is 16.2. The van der Waals surface area contributed by atoms with Gasteiger partial charge in [-0.05, 0) is 44.0 Å². The minimum Gasteiger partial charge on any atom is -0.381 e. The summed E-state index contributed by atoms with van der Waals surface area (Å²) in [5.41, 5.74) is 2.41. The molecular formula is C19H18Cl2N4O2. The number of amides is 1. The Morgan fingerprint density at radius 2 is 1.93 bits per heavy atom. The fraction of sp³-hybridized carbons (Fsp3) is 0.316. The molecule has 27 heavy (non-hydrogen) atoms. The Bertz CT molecular complexity index is 995. The third-order valence-electron chi connectivity index (χ3n) is 4.72. The molecule has 1 aliphatic rings. The highest BCUT2D eigenvalue weighted by atomic mass is 35.5. The van der Waals surface area contributed by atoms with Crippen molar-refractivity contribution in [2.24, 2.45) is 0 Å². The van der Waals surface area contributed by atoms with Gasteiger partial charge in [0.1, 0.15) is 0 Å². The third-order valence-corrected chi connectivity index (χ3v) is 5.36. The monoisotopic (exact) mass is 404 g/mol. The summed E-state index contributed by atoms with van der Waals surface area (Å²) in [6.07, 6.45) is 3.27. The van der Waals surface area contributed by atoms with Crippen LogP contribution in [0.15, 0.2) is 30.5 Å². The highest BCUT2D eigenvalue weighted by Gasteiger charge is 2.24. The van der Waals surface area contributed by atoms with Crippen LogP contribution in [0, 0.1) is 6.92 Å². The fourth-order valence-corrected chi connectivity index (χ4v) is 3.79. The number of benzene rings is 1. The summed E-state index contributed by atoms with van der Waals surface area (Å²) in [5, 5.41) is 9.13. The number of anilines is 1. The second-order valence-corrected chi connectivity index (χ2v) is 7.33. The molecule has 6 nitrogen and oxygen atoms in total. The number of aryl methyl sites for hydroxylation is 1. The van der Waals surface area contributed by atoms with Gasteiger partial charge in [0.25, 0.3) is 5.91 Å². The number of fused-ring (bicyclic) bond motifs is 1. The first-order valence-electron chi connectivity index (χ1n) is 8.72. The zero-order valence-electron chi connectivity index (χ0n) is 14.7. The molecule has 1 aliphatic heterocycles. The maximum Gasteiger partial charge on any atom is 0.258 e. The van der Waals surface area contributed by atoms with E-state index >= 15 is 0 Å². The molecule has 3 heterocycles. The van der Waals surface area contributed by atoms with Crippen LogP contribution in [-0.2, 0) is 4.74 Å². The van der Waals surface area contributed by atoms with E-state index in [1.54, 1.807) is 24.3 Å². The maximum atomic E-state index is 12.7. The van der Waals surface area contributed by atoms with Crippen LogP contribution in [0.1, 0.15) is 34.9 Å². The molecule has 8 heteroatoms. The lowest BCUT2D eigenvalue weighted by molar-refractivity contribution is 0.0672. The standard InChI is InChI=1S/C19H18Cl2N4O2/c1-11-16-17(21)15(19(26)23-13-4-2-12(20)3-5-13)10-22-18(16)25(24-11)14-6-8-27-9-7-14/h2-5,10,14H,6-9H2,1H3,(H,23,26). The number of hydrogen-bond acceptors (Lipinski definition) is 4. The molecule has 140 valence electrons. The summed E-state index contributed by atoms with van der Waals surface area (Å²) < 4.78 is 7.35. The lowest BCUT2D eigenvalue weighted by Crippen LogP contribution is -2.21. The Kier molecular flexibility index (Phi) is 5.04. The first-order valence-corrected chi connectivity index (χ1v) is 9.48. The second kappa shape index (κ2) is 7.46. The van der Waals surface area contributed by atoms with E-state index in [1.165, 1.54) is 6.20 Å². The van der Waals surface area contributed by atoms with Crippen molar-refractivity contribution >= 4 is 45.8 Å². The van der Waals surface area contributed by atoms with E-state index in [4.69, 9.17) is 27.9 Å². The van der Waals surface area contributed by atoms with Gasteiger partial charge in [0.05, 0.1) is 27.7 Å². The average Bonchev–Trinajstić information content (AvgIpc) is 3.02. The first-order chi connectivity index (χ1) is 13.0.